The Morgan fingerprint density at radius 3 is 2.73 bits per heavy atom. The number of rotatable bonds is 8. The second kappa shape index (κ2) is 9.51. The zero-order chi connectivity index (χ0) is 21.1. The van der Waals surface area contributed by atoms with E-state index >= 15 is 0 Å². The van der Waals surface area contributed by atoms with Crippen molar-refractivity contribution >= 4 is 40.0 Å². The van der Waals surface area contributed by atoms with E-state index in [0.717, 1.165) is 48.8 Å². The van der Waals surface area contributed by atoms with Crippen LogP contribution in [-0.4, -0.2) is 39.0 Å². The zero-order valence-corrected chi connectivity index (χ0v) is 19.2. The minimum absolute atomic E-state index is 0.138. The number of hydrogen-bond acceptors (Lipinski definition) is 7. The molecule has 0 radical (unpaired) electrons. The van der Waals surface area contributed by atoms with Gasteiger partial charge in [-0.3, -0.25) is 4.79 Å². The molecule has 1 amide bonds. The van der Waals surface area contributed by atoms with E-state index in [4.69, 9.17) is 4.74 Å². The third-order valence-electron chi connectivity index (χ3n) is 5.49. The number of anilines is 1. The number of esters is 1. The zero-order valence-electron chi connectivity index (χ0n) is 17.5. The summed E-state index contributed by atoms with van der Waals surface area (Å²) in [5.41, 5.74) is 1.63. The van der Waals surface area contributed by atoms with Crippen molar-refractivity contribution in [1.29, 1.82) is 0 Å². The van der Waals surface area contributed by atoms with Gasteiger partial charge in [-0.1, -0.05) is 18.2 Å². The molecule has 0 saturated heterocycles. The molecule has 2 heterocycles. The number of nitrogens with one attached hydrogen (secondary N) is 1. The molecule has 2 aliphatic rings. The predicted octanol–water partition coefficient (Wildman–Crippen LogP) is 4.41. The highest BCUT2D eigenvalue weighted by Crippen LogP contribution is 2.40. The molecule has 0 aliphatic heterocycles. The van der Waals surface area contributed by atoms with Crippen molar-refractivity contribution in [2.75, 3.05) is 17.7 Å². The van der Waals surface area contributed by atoms with Gasteiger partial charge in [0, 0.05) is 17.3 Å². The fourth-order valence-corrected chi connectivity index (χ4v) is 5.99. The van der Waals surface area contributed by atoms with E-state index in [2.05, 4.69) is 27.0 Å². The van der Waals surface area contributed by atoms with E-state index in [1.165, 1.54) is 47.2 Å². The van der Waals surface area contributed by atoms with Crippen LogP contribution in [0.3, 0.4) is 0 Å². The second-order valence-electron chi connectivity index (χ2n) is 7.69. The Hall–Kier alpha value is -1.87. The summed E-state index contributed by atoms with van der Waals surface area (Å²) < 4.78 is 7.40. The lowest BCUT2D eigenvalue weighted by Crippen LogP contribution is -2.17. The predicted molar refractivity (Wildman–Crippen MR) is 119 cm³/mol. The summed E-state index contributed by atoms with van der Waals surface area (Å²) in [6, 6.07) is 0. The molecule has 0 atom stereocenters. The lowest BCUT2D eigenvalue weighted by atomic mass is 10.1. The summed E-state index contributed by atoms with van der Waals surface area (Å²) in [7, 11) is 0. The number of fused-ring (bicyclic) bond motifs is 1. The van der Waals surface area contributed by atoms with Crippen LogP contribution in [0.5, 0.6) is 0 Å². The molecular formula is C21H28N4O3S2. The number of aryl methyl sites for hydroxylation is 1. The normalized spacial score (nSPS) is 16.1. The van der Waals surface area contributed by atoms with Gasteiger partial charge in [-0.2, -0.15) is 0 Å². The monoisotopic (exact) mass is 448 g/mol. The maximum absolute atomic E-state index is 12.7. The molecule has 0 aromatic carbocycles. The fraction of sp³-hybridized carbons (Fsp3) is 0.619. The van der Waals surface area contributed by atoms with Gasteiger partial charge in [-0.05, 0) is 57.9 Å². The van der Waals surface area contributed by atoms with Gasteiger partial charge in [0.25, 0.3) is 0 Å². The second-order valence-corrected chi connectivity index (χ2v) is 9.73. The Bertz CT molecular complexity index is 933. The Morgan fingerprint density at radius 1 is 1.20 bits per heavy atom. The summed E-state index contributed by atoms with van der Waals surface area (Å²) in [4.78, 5) is 26.6. The van der Waals surface area contributed by atoms with Crippen LogP contribution in [0.1, 0.15) is 78.5 Å². The van der Waals surface area contributed by atoms with Crippen molar-refractivity contribution in [3.05, 3.63) is 21.8 Å². The molecular weight excluding hydrogens is 420 g/mol. The van der Waals surface area contributed by atoms with Gasteiger partial charge in [0.05, 0.1) is 17.9 Å². The number of carbonyl (C=O) groups excluding carboxylic acids is 2. The summed E-state index contributed by atoms with van der Waals surface area (Å²) in [5, 5.41) is 13.0. The van der Waals surface area contributed by atoms with E-state index in [1.54, 1.807) is 6.92 Å². The molecule has 1 fully saturated rings. The topological polar surface area (TPSA) is 86.1 Å². The van der Waals surface area contributed by atoms with E-state index in [1.807, 2.05) is 0 Å². The molecule has 1 N–H and O–H groups in total. The van der Waals surface area contributed by atoms with Crippen molar-refractivity contribution < 1.29 is 14.3 Å². The molecule has 0 spiro atoms. The Balaban J connectivity index is 1.47. The first-order chi connectivity index (χ1) is 14.6. The van der Waals surface area contributed by atoms with E-state index in [-0.39, 0.29) is 17.6 Å². The van der Waals surface area contributed by atoms with Gasteiger partial charge in [0.15, 0.2) is 5.16 Å². The van der Waals surface area contributed by atoms with Crippen LogP contribution in [0.25, 0.3) is 0 Å². The third-order valence-corrected chi connectivity index (χ3v) is 7.66. The summed E-state index contributed by atoms with van der Waals surface area (Å²) in [6.07, 6.45) is 7.52. The summed E-state index contributed by atoms with van der Waals surface area (Å²) in [6.45, 7) is 5.00. The van der Waals surface area contributed by atoms with Crippen molar-refractivity contribution in [3.63, 3.8) is 0 Å². The quantitative estimate of drug-likeness (QED) is 0.366. The number of hydrogen-bond donors (Lipinski definition) is 1. The van der Waals surface area contributed by atoms with Gasteiger partial charge >= 0.3 is 5.97 Å². The maximum atomic E-state index is 12.7. The van der Waals surface area contributed by atoms with Crippen LogP contribution in [0, 0.1) is 0 Å². The number of nitrogens with zero attached hydrogens (tertiary/aromatic N) is 3. The van der Waals surface area contributed by atoms with Gasteiger partial charge in [-0.25, -0.2) is 4.79 Å². The van der Waals surface area contributed by atoms with Crippen molar-refractivity contribution in [3.8, 4) is 0 Å². The Labute approximate surface area is 185 Å². The van der Waals surface area contributed by atoms with Crippen LogP contribution < -0.4 is 5.32 Å². The van der Waals surface area contributed by atoms with Gasteiger partial charge in [-0.15, -0.1) is 21.5 Å². The highest BCUT2D eigenvalue weighted by molar-refractivity contribution is 7.99. The van der Waals surface area contributed by atoms with Crippen molar-refractivity contribution in [2.45, 2.75) is 76.4 Å². The molecule has 2 aromatic rings. The lowest BCUT2D eigenvalue weighted by Gasteiger charge is -2.09. The average molecular weight is 449 g/mol. The van der Waals surface area contributed by atoms with Crippen molar-refractivity contribution in [2.24, 2.45) is 0 Å². The number of thioether (sulfide) groups is 1. The molecule has 2 aromatic heterocycles. The number of thiophene rings is 1. The number of aromatic nitrogens is 3. The molecule has 4 rings (SSSR count). The fourth-order valence-electron chi connectivity index (χ4n) is 3.89. The number of amides is 1. The lowest BCUT2D eigenvalue weighted by molar-refractivity contribution is -0.113. The average Bonchev–Trinajstić information content (AvgIpc) is 3.46. The first-order valence-electron chi connectivity index (χ1n) is 10.8. The van der Waals surface area contributed by atoms with E-state index in [0.29, 0.717) is 23.1 Å². The molecule has 30 heavy (non-hydrogen) atoms. The van der Waals surface area contributed by atoms with Crippen LogP contribution in [-0.2, 0) is 28.9 Å². The van der Waals surface area contributed by atoms with Crippen LogP contribution >= 0.6 is 23.1 Å². The van der Waals surface area contributed by atoms with Gasteiger partial charge in [0.2, 0.25) is 5.91 Å². The number of ether oxygens (including phenoxy) is 1. The molecule has 2 aliphatic carbocycles. The number of carbonyl (C=O) groups is 2. The van der Waals surface area contributed by atoms with Crippen LogP contribution in [0.4, 0.5) is 5.00 Å². The van der Waals surface area contributed by atoms with Crippen LogP contribution in [0.2, 0.25) is 0 Å². The summed E-state index contributed by atoms with van der Waals surface area (Å²) in [5.74, 6) is 1.31. The smallest absolute Gasteiger partial charge is 0.341 e. The Morgan fingerprint density at radius 2 is 2.00 bits per heavy atom. The molecule has 0 unspecified atom stereocenters. The standard InChI is InChI=1S/C21H28N4O3S2/c1-3-25-18(13-10-11-13)23-24-21(25)29-12-16(26)22-19-17(20(27)28-4-2)14-8-6-5-7-9-15(14)30-19/h13H,3-12H2,1-2H3,(H,22,26). The largest absolute Gasteiger partial charge is 0.462 e. The van der Waals surface area contributed by atoms with Crippen molar-refractivity contribution in [1.82, 2.24) is 14.8 Å². The molecule has 162 valence electrons. The Kier molecular flexibility index (Phi) is 6.77. The van der Waals surface area contributed by atoms with Gasteiger partial charge in [0.1, 0.15) is 10.8 Å². The minimum atomic E-state index is -0.334. The molecule has 0 bridgehead atoms. The SMILES string of the molecule is CCOC(=O)c1c(NC(=O)CSc2nnc(C3CC3)n2CC)sc2c1CCCCC2. The molecule has 1 saturated carbocycles. The third kappa shape index (κ3) is 4.56. The highest BCUT2D eigenvalue weighted by Gasteiger charge is 2.30. The first kappa shape index (κ1) is 21.4. The van der Waals surface area contributed by atoms with Crippen LogP contribution in [0.15, 0.2) is 5.16 Å². The minimum Gasteiger partial charge on any atom is -0.462 e. The molecule has 9 heteroatoms. The maximum Gasteiger partial charge on any atom is 0.341 e. The summed E-state index contributed by atoms with van der Waals surface area (Å²) >= 11 is 2.92. The van der Waals surface area contributed by atoms with E-state index < -0.39 is 0 Å². The van der Waals surface area contributed by atoms with E-state index in [9.17, 15) is 9.59 Å². The first-order valence-corrected chi connectivity index (χ1v) is 12.6. The van der Waals surface area contributed by atoms with Gasteiger partial charge < -0.3 is 14.6 Å². The highest BCUT2D eigenvalue weighted by atomic mass is 32.2. The molecule has 7 nitrogen and oxygen atoms in total.